The first-order valence-electron chi connectivity index (χ1n) is 4.84. The zero-order valence-corrected chi connectivity index (χ0v) is 10.5. The lowest BCUT2D eigenvalue weighted by Gasteiger charge is -2.09. The molecule has 19 heavy (non-hydrogen) atoms. The summed E-state index contributed by atoms with van der Waals surface area (Å²) in [4.78, 5) is 6.75. The molecule has 1 aromatic heterocycles. The molecule has 8 heteroatoms. The predicted octanol–water partition coefficient (Wildman–Crippen LogP) is 4.61. The summed E-state index contributed by atoms with van der Waals surface area (Å²) < 4.78 is 50.6. The van der Waals surface area contributed by atoms with Crippen molar-refractivity contribution >= 4 is 23.2 Å². The van der Waals surface area contributed by atoms with E-state index >= 15 is 0 Å². The molecule has 2 aromatic rings. The molecule has 0 radical (unpaired) electrons. The number of nitrogens with zero attached hydrogens (tertiary/aromatic N) is 2. The molecule has 0 saturated heterocycles. The first-order valence-corrected chi connectivity index (χ1v) is 5.60. The first-order chi connectivity index (χ1) is 8.77. The summed E-state index contributed by atoms with van der Waals surface area (Å²) in [5.41, 5.74) is -1.18. The van der Waals surface area contributed by atoms with Gasteiger partial charge in [0.05, 0.1) is 10.7 Å². The second-order valence-electron chi connectivity index (χ2n) is 3.53. The Kier molecular flexibility index (Phi) is 3.64. The van der Waals surface area contributed by atoms with Gasteiger partial charge in [-0.3, -0.25) is 0 Å². The molecule has 0 atom stereocenters. The van der Waals surface area contributed by atoms with Crippen LogP contribution in [0.15, 0.2) is 24.3 Å². The van der Waals surface area contributed by atoms with Crippen LogP contribution < -0.4 is 0 Å². The van der Waals surface area contributed by atoms with E-state index in [0.29, 0.717) is 6.07 Å². The number of benzene rings is 1. The fraction of sp³-hybridized carbons (Fsp3) is 0.0909. The van der Waals surface area contributed by atoms with Gasteiger partial charge in [0.1, 0.15) is 11.5 Å². The molecule has 0 spiro atoms. The third-order valence-corrected chi connectivity index (χ3v) is 2.68. The monoisotopic (exact) mass is 310 g/mol. The maximum absolute atomic E-state index is 12.9. The van der Waals surface area contributed by atoms with Crippen molar-refractivity contribution in [1.82, 2.24) is 9.97 Å². The second kappa shape index (κ2) is 4.94. The molecule has 0 aliphatic heterocycles. The van der Waals surface area contributed by atoms with Gasteiger partial charge in [-0.1, -0.05) is 11.6 Å². The molecule has 0 fully saturated rings. The number of halogens is 6. The largest absolute Gasteiger partial charge is 0.433 e. The first kappa shape index (κ1) is 14.0. The fourth-order valence-corrected chi connectivity index (χ4v) is 1.84. The molecule has 0 amide bonds. The van der Waals surface area contributed by atoms with Gasteiger partial charge in [0, 0.05) is 5.56 Å². The lowest BCUT2D eigenvalue weighted by molar-refractivity contribution is -0.141. The molecule has 0 saturated carbocycles. The highest BCUT2D eigenvalue weighted by molar-refractivity contribution is 6.33. The van der Waals surface area contributed by atoms with E-state index in [4.69, 9.17) is 23.2 Å². The summed E-state index contributed by atoms with van der Waals surface area (Å²) in [6, 6.07) is 3.95. The summed E-state index contributed by atoms with van der Waals surface area (Å²) in [7, 11) is 0. The van der Waals surface area contributed by atoms with Crippen molar-refractivity contribution in [3.05, 3.63) is 46.1 Å². The smallest absolute Gasteiger partial charge is 0.218 e. The van der Waals surface area contributed by atoms with Crippen molar-refractivity contribution in [1.29, 1.82) is 0 Å². The van der Waals surface area contributed by atoms with Crippen molar-refractivity contribution in [3.8, 4) is 11.3 Å². The molecule has 1 aromatic carbocycles. The minimum absolute atomic E-state index is 0.0668. The van der Waals surface area contributed by atoms with E-state index in [1.54, 1.807) is 0 Å². The van der Waals surface area contributed by atoms with Crippen molar-refractivity contribution in [2.75, 3.05) is 0 Å². The molecule has 2 rings (SSSR count). The summed E-state index contributed by atoms with van der Waals surface area (Å²) in [5, 5.41) is -0.631. The summed E-state index contributed by atoms with van der Waals surface area (Å²) >= 11 is 11.2. The second-order valence-corrected chi connectivity index (χ2v) is 4.27. The molecule has 2 nitrogen and oxygen atoms in total. The van der Waals surface area contributed by atoms with Crippen LogP contribution >= 0.6 is 23.2 Å². The molecule has 0 unspecified atom stereocenters. The van der Waals surface area contributed by atoms with E-state index in [2.05, 4.69) is 9.97 Å². The molecular formula is C11H4Cl2F4N2. The molecule has 0 bridgehead atoms. The number of hydrogen-bond donors (Lipinski definition) is 0. The van der Waals surface area contributed by atoms with E-state index in [1.807, 2.05) is 0 Å². The van der Waals surface area contributed by atoms with E-state index < -0.39 is 23.0 Å². The molecule has 100 valence electrons. The van der Waals surface area contributed by atoms with Gasteiger partial charge in [0.25, 0.3) is 0 Å². The predicted molar refractivity (Wildman–Crippen MR) is 62.4 cm³/mol. The van der Waals surface area contributed by atoms with E-state index in [9.17, 15) is 17.6 Å². The number of alkyl halides is 3. The highest BCUT2D eigenvalue weighted by Crippen LogP contribution is 2.33. The molecule has 1 heterocycles. The average molecular weight is 311 g/mol. The Bertz CT molecular complexity index is 629. The van der Waals surface area contributed by atoms with Crippen molar-refractivity contribution in [2.45, 2.75) is 6.18 Å². The number of hydrogen-bond acceptors (Lipinski definition) is 2. The third kappa shape index (κ3) is 3.13. The SMILES string of the molecule is Fc1ccc(-c2cc(C(F)(F)F)nc(Cl)n2)c(Cl)c1. The Labute approximate surface area is 115 Å². The van der Waals surface area contributed by atoms with Crippen LogP contribution in [0.3, 0.4) is 0 Å². The van der Waals surface area contributed by atoms with Crippen LogP contribution in [0.2, 0.25) is 10.3 Å². The van der Waals surface area contributed by atoms with E-state index in [1.165, 1.54) is 6.07 Å². The Morgan fingerprint density at radius 1 is 1.00 bits per heavy atom. The van der Waals surface area contributed by atoms with Gasteiger partial charge >= 0.3 is 6.18 Å². The Morgan fingerprint density at radius 2 is 1.68 bits per heavy atom. The topological polar surface area (TPSA) is 25.8 Å². The quantitative estimate of drug-likeness (QED) is 0.568. The molecule has 0 aliphatic rings. The summed E-state index contributed by atoms with van der Waals surface area (Å²) in [6.07, 6.45) is -4.66. The maximum atomic E-state index is 12.9. The van der Waals surface area contributed by atoms with Gasteiger partial charge in [-0.05, 0) is 35.9 Å². The van der Waals surface area contributed by atoms with Crippen LogP contribution in [0.25, 0.3) is 11.3 Å². The van der Waals surface area contributed by atoms with Gasteiger partial charge in [-0.25, -0.2) is 14.4 Å². The standard InChI is InChI=1S/C11H4Cl2F4N2/c12-7-3-5(14)1-2-6(7)8-4-9(11(15,16)17)19-10(13)18-8/h1-4H. The Morgan fingerprint density at radius 3 is 2.26 bits per heavy atom. The third-order valence-electron chi connectivity index (χ3n) is 2.20. The Balaban J connectivity index is 2.59. The van der Waals surface area contributed by atoms with Crippen molar-refractivity contribution in [3.63, 3.8) is 0 Å². The van der Waals surface area contributed by atoms with Crippen LogP contribution in [-0.4, -0.2) is 9.97 Å². The number of aromatic nitrogens is 2. The van der Waals surface area contributed by atoms with Gasteiger partial charge < -0.3 is 0 Å². The minimum Gasteiger partial charge on any atom is -0.218 e. The fourth-order valence-electron chi connectivity index (χ4n) is 1.40. The number of rotatable bonds is 1. The van der Waals surface area contributed by atoms with Gasteiger partial charge in [-0.2, -0.15) is 13.2 Å². The van der Waals surface area contributed by atoms with Gasteiger partial charge in [-0.15, -0.1) is 0 Å². The Hall–Kier alpha value is -1.40. The van der Waals surface area contributed by atoms with Crippen LogP contribution in [-0.2, 0) is 6.18 Å². The summed E-state index contributed by atoms with van der Waals surface area (Å²) in [5.74, 6) is -0.607. The zero-order valence-electron chi connectivity index (χ0n) is 8.97. The van der Waals surface area contributed by atoms with Crippen LogP contribution in [0.5, 0.6) is 0 Å². The lowest BCUT2D eigenvalue weighted by Crippen LogP contribution is -2.09. The molecular weight excluding hydrogens is 307 g/mol. The normalized spacial score (nSPS) is 11.7. The average Bonchev–Trinajstić information content (AvgIpc) is 2.26. The van der Waals surface area contributed by atoms with Crippen LogP contribution in [0, 0.1) is 5.82 Å². The van der Waals surface area contributed by atoms with E-state index in [0.717, 1.165) is 12.1 Å². The molecule has 0 N–H and O–H groups in total. The highest BCUT2D eigenvalue weighted by Gasteiger charge is 2.33. The van der Waals surface area contributed by atoms with Crippen molar-refractivity contribution in [2.24, 2.45) is 0 Å². The van der Waals surface area contributed by atoms with Crippen LogP contribution in [0.1, 0.15) is 5.69 Å². The minimum atomic E-state index is -4.66. The summed E-state index contributed by atoms with van der Waals surface area (Å²) in [6.45, 7) is 0. The maximum Gasteiger partial charge on any atom is 0.433 e. The lowest BCUT2D eigenvalue weighted by atomic mass is 10.1. The zero-order chi connectivity index (χ0) is 14.2. The van der Waals surface area contributed by atoms with E-state index in [-0.39, 0.29) is 16.3 Å². The van der Waals surface area contributed by atoms with Gasteiger partial charge in [0.2, 0.25) is 5.28 Å². The highest BCUT2D eigenvalue weighted by atomic mass is 35.5. The molecule has 0 aliphatic carbocycles. The van der Waals surface area contributed by atoms with Crippen molar-refractivity contribution < 1.29 is 17.6 Å². The van der Waals surface area contributed by atoms with Crippen LogP contribution in [0.4, 0.5) is 17.6 Å². The van der Waals surface area contributed by atoms with Gasteiger partial charge in [0.15, 0.2) is 0 Å².